The number of nitrogens with zero attached hydrogens (tertiary/aromatic N) is 2. The first-order valence-corrected chi connectivity index (χ1v) is 5.51. The third kappa shape index (κ3) is 2.41. The molecule has 0 radical (unpaired) electrons. The van der Waals surface area contributed by atoms with Crippen LogP contribution in [-0.2, 0) is 6.42 Å². The number of primary amides is 1. The first-order chi connectivity index (χ1) is 8.61. The van der Waals surface area contributed by atoms with Gasteiger partial charge in [-0.1, -0.05) is 18.2 Å². The lowest BCUT2D eigenvalue weighted by atomic mass is 10.2. The zero-order chi connectivity index (χ0) is 13.1. The number of rotatable bonds is 4. The molecule has 0 saturated heterocycles. The van der Waals surface area contributed by atoms with Crippen molar-refractivity contribution in [3.63, 3.8) is 0 Å². The normalized spacial score (nSPS) is 10.3. The van der Waals surface area contributed by atoms with Crippen LogP contribution in [-0.4, -0.2) is 15.9 Å². The number of hydrogen-bond acceptors (Lipinski definition) is 4. The molecule has 0 unspecified atom stereocenters. The van der Waals surface area contributed by atoms with Gasteiger partial charge in [0.15, 0.2) is 5.69 Å². The van der Waals surface area contributed by atoms with Crippen LogP contribution in [0.1, 0.15) is 27.8 Å². The van der Waals surface area contributed by atoms with E-state index in [2.05, 4.69) is 16.5 Å². The maximum absolute atomic E-state index is 11.2. The van der Waals surface area contributed by atoms with E-state index < -0.39 is 5.91 Å². The molecular weight excluding hydrogens is 254 g/mol. The van der Waals surface area contributed by atoms with E-state index in [1.165, 1.54) is 6.08 Å². The van der Waals surface area contributed by atoms with Crippen LogP contribution in [0.4, 0.5) is 0 Å². The number of aromatic nitrogens is 2. The van der Waals surface area contributed by atoms with Gasteiger partial charge >= 0.3 is 0 Å². The van der Waals surface area contributed by atoms with Crippen molar-refractivity contribution in [2.24, 2.45) is 5.73 Å². The zero-order valence-electron chi connectivity index (χ0n) is 9.39. The minimum absolute atomic E-state index is 0.0756. The van der Waals surface area contributed by atoms with Crippen LogP contribution in [0.2, 0.25) is 5.02 Å². The summed E-state index contributed by atoms with van der Waals surface area (Å²) in [5.74, 6) is -0.0854. The Hall–Kier alpha value is -2.14. The molecule has 0 aromatic carbocycles. The molecule has 2 aromatic rings. The maximum atomic E-state index is 11.2. The van der Waals surface area contributed by atoms with Crippen molar-refractivity contribution >= 4 is 23.6 Å². The number of carbonyl (C=O) groups excluding carboxylic acids is 1. The number of amides is 1. The highest BCUT2D eigenvalue weighted by Crippen LogP contribution is 2.20. The molecule has 2 heterocycles. The Balaban J connectivity index is 2.39. The average Bonchev–Trinajstić information content (AvgIpc) is 2.75. The number of hydrogen-bond donors (Lipinski definition) is 1. The van der Waals surface area contributed by atoms with E-state index in [-0.39, 0.29) is 18.0 Å². The smallest absolute Gasteiger partial charge is 0.270 e. The standard InChI is InChI=1S/C12H10ClN3O2/c1-2-10-16-11(12(14)17)9(18-10)6-8-7(13)4-3-5-15-8/h2-5H,1,6H2,(H2,14,17). The second-order valence-electron chi connectivity index (χ2n) is 3.50. The molecule has 0 aliphatic heterocycles. The van der Waals surface area contributed by atoms with Crippen molar-refractivity contribution in [3.05, 3.63) is 53.0 Å². The van der Waals surface area contributed by atoms with Crippen molar-refractivity contribution in [2.45, 2.75) is 6.42 Å². The SMILES string of the molecule is C=Cc1nc(C(N)=O)c(Cc2ncccc2Cl)o1. The molecule has 92 valence electrons. The molecule has 0 aliphatic carbocycles. The number of carbonyl (C=O) groups is 1. The lowest BCUT2D eigenvalue weighted by Gasteiger charge is -2.00. The molecule has 5 nitrogen and oxygen atoms in total. The molecular formula is C12H10ClN3O2. The fourth-order valence-electron chi connectivity index (χ4n) is 1.47. The van der Waals surface area contributed by atoms with Gasteiger partial charge in [-0.25, -0.2) is 4.98 Å². The molecule has 1 amide bonds. The zero-order valence-corrected chi connectivity index (χ0v) is 10.1. The molecule has 0 spiro atoms. The monoisotopic (exact) mass is 263 g/mol. The summed E-state index contributed by atoms with van der Waals surface area (Å²) in [5.41, 5.74) is 5.89. The maximum Gasteiger partial charge on any atom is 0.270 e. The van der Waals surface area contributed by atoms with Crippen molar-refractivity contribution in [2.75, 3.05) is 0 Å². The van der Waals surface area contributed by atoms with Crippen molar-refractivity contribution in [3.8, 4) is 0 Å². The minimum atomic E-state index is -0.658. The molecule has 2 rings (SSSR count). The Bertz CT molecular complexity index is 607. The van der Waals surface area contributed by atoms with E-state index in [0.29, 0.717) is 16.5 Å². The van der Waals surface area contributed by atoms with Crippen LogP contribution in [0.25, 0.3) is 6.08 Å². The second-order valence-corrected chi connectivity index (χ2v) is 3.91. The predicted molar refractivity (Wildman–Crippen MR) is 67.2 cm³/mol. The van der Waals surface area contributed by atoms with Gasteiger partial charge < -0.3 is 10.2 Å². The van der Waals surface area contributed by atoms with E-state index in [1.807, 2.05) is 0 Å². The van der Waals surface area contributed by atoms with Crippen molar-refractivity contribution in [1.82, 2.24) is 9.97 Å². The molecule has 0 saturated carbocycles. The Morgan fingerprint density at radius 1 is 1.61 bits per heavy atom. The molecule has 6 heteroatoms. The highest BCUT2D eigenvalue weighted by Gasteiger charge is 2.18. The van der Waals surface area contributed by atoms with Crippen LogP contribution < -0.4 is 5.73 Å². The van der Waals surface area contributed by atoms with Gasteiger partial charge in [0.25, 0.3) is 5.91 Å². The Kier molecular flexibility index (Phi) is 3.43. The van der Waals surface area contributed by atoms with E-state index in [9.17, 15) is 4.79 Å². The first-order valence-electron chi connectivity index (χ1n) is 5.13. The minimum Gasteiger partial charge on any atom is -0.441 e. The van der Waals surface area contributed by atoms with Crippen LogP contribution in [0, 0.1) is 0 Å². The van der Waals surface area contributed by atoms with Crippen LogP contribution in [0.5, 0.6) is 0 Å². The van der Waals surface area contributed by atoms with Gasteiger partial charge in [-0.3, -0.25) is 9.78 Å². The van der Waals surface area contributed by atoms with Crippen LogP contribution >= 0.6 is 11.6 Å². The van der Waals surface area contributed by atoms with Gasteiger partial charge in [-0.15, -0.1) is 0 Å². The molecule has 18 heavy (non-hydrogen) atoms. The second kappa shape index (κ2) is 5.01. The van der Waals surface area contributed by atoms with Gasteiger partial charge in [0.1, 0.15) is 5.76 Å². The first kappa shape index (κ1) is 12.3. The van der Waals surface area contributed by atoms with E-state index in [0.717, 1.165) is 0 Å². The van der Waals surface area contributed by atoms with Gasteiger partial charge in [-0.2, -0.15) is 0 Å². The highest BCUT2D eigenvalue weighted by molar-refractivity contribution is 6.31. The van der Waals surface area contributed by atoms with Crippen LogP contribution in [0.3, 0.4) is 0 Å². The fourth-order valence-corrected chi connectivity index (χ4v) is 1.66. The summed E-state index contributed by atoms with van der Waals surface area (Å²) in [6.07, 6.45) is 3.25. The third-order valence-electron chi connectivity index (χ3n) is 2.28. The molecule has 0 fully saturated rings. The summed E-state index contributed by atoms with van der Waals surface area (Å²) >= 11 is 5.99. The van der Waals surface area contributed by atoms with Crippen molar-refractivity contribution < 1.29 is 9.21 Å². The molecule has 0 bridgehead atoms. The quantitative estimate of drug-likeness (QED) is 0.915. The predicted octanol–water partition coefficient (Wildman–Crippen LogP) is 2.06. The van der Waals surface area contributed by atoms with E-state index in [4.69, 9.17) is 21.8 Å². The lowest BCUT2D eigenvalue weighted by molar-refractivity contribution is 0.0994. The van der Waals surface area contributed by atoms with E-state index >= 15 is 0 Å². The molecule has 0 aliphatic rings. The van der Waals surface area contributed by atoms with Gasteiger partial charge in [-0.05, 0) is 18.2 Å². The summed E-state index contributed by atoms with van der Waals surface area (Å²) in [6.45, 7) is 3.52. The summed E-state index contributed by atoms with van der Waals surface area (Å²) in [7, 11) is 0. The topological polar surface area (TPSA) is 82.0 Å². The molecule has 2 aromatic heterocycles. The van der Waals surface area contributed by atoms with Gasteiger partial charge in [0.2, 0.25) is 5.89 Å². The lowest BCUT2D eigenvalue weighted by Crippen LogP contribution is -2.14. The summed E-state index contributed by atoms with van der Waals surface area (Å²) in [4.78, 5) is 19.3. The van der Waals surface area contributed by atoms with Crippen molar-refractivity contribution in [1.29, 1.82) is 0 Å². The Morgan fingerprint density at radius 3 is 3.00 bits per heavy atom. The number of oxazole rings is 1. The fraction of sp³-hybridized carbons (Fsp3) is 0.0833. The Labute approximate surface area is 108 Å². The molecule has 2 N–H and O–H groups in total. The van der Waals surface area contributed by atoms with Crippen LogP contribution in [0.15, 0.2) is 29.3 Å². The summed E-state index contributed by atoms with van der Waals surface area (Å²) in [6, 6.07) is 3.43. The number of nitrogens with two attached hydrogens (primary N) is 1. The number of halogens is 1. The average molecular weight is 264 g/mol. The largest absolute Gasteiger partial charge is 0.441 e. The highest BCUT2D eigenvalue weighted by atomic mass is 35.5. The van der Waals surface area contributed by atoms with E-state index in [1.54, 1.807) is 18.3 Å². The summed E-state index contributed by atoms with van der Waals surface area (Å²) < 4.78 is 5.36. The number of pyridine rings is 1. The molecule has 0 atom stereocenters. The van der Waals surface area contributed by atoms with Gasteiger partial charge in [0, 0.05) is 6.20 Å². The summed E-state index contributed by atoms with van der Waals surface area (Å²) in [5, 5.41) is 0.490. The Morgan fingerprint density at radius 2 is 2.39 bits per heavy atom. The third-order valence-corrected chi connectivity index (χ3v) is 2.63. The van der Waals surface area contributed by atoms with Gasteiger partial charge in [0.05, 0.1) is 17.1 Å².